The number of hydrogen-bond acceptors (Lipinski definition) is 6. The molecule has 1 saturated carbocycles. The molecule has 0 aromatic heterocycles. The second-order valence-electron chi connectivity index (χ2n) is 6.94. The summed E-state index contributed by atoms with van der Waals surface area (Å²) >= 11 is 0. The van der Waals surface area contributed by atoms with Crippen molar-refractivity contribution in [3.63, 3.8) is 0 Å². The van der Waals surface area contributed by atoms with Gasteiger partial charge in [-0.15, -0.1) is 0 Å². The van der Waals surface area contributed by atoms with Crippen molar-refractivity contribution in [1.29, 1.82) is 0 Å². The molecule has 1 aliphatic heterocycles. The number of nitrogens with one attached hydrogen (secondary N) is 5. The van der Waals surface area contributed by atoms with E-state index < -0.39 is 0 Å². The molecule has 3 atom stereocenters. The molecule has 7 N–H and O–H groups in total. The fourth-order valence-corrected chi connectivity index (χ4v) is 3.69. The van der Waals surface area contributed by atoms with Gasteiger partial charge in [-0.05, 0) is 32.2 Å². The van der Waals surface area contributed by atoms with Crippen LogP contribution in [0.2, 0.25) is 0 Å². The molecular formula is C17H38N6. The summed E-state index contributed by atoms with van der Waals surface area (Å²) in [6, 6.07) is 1.78. The van der Waals surface area contributed by atoms with Crippen LogP contribution in [0.1, 0.15) is 38.5 Å². The standard InChI is InChI=1S/C17H38N6/c18-7-3-4-15-14-23-17-6-2-1-5-16(17)22-13-11-20-9-8-19-10-12-21-15/h15-17,19-23H,1-14,18H2/t15-,16+,17+/m0/s1. The summed E-state index contributed by atoms with van der Waals surface area (Å²) in [5, 5.41) is 18.3. The van der Waals surface area contributed by atoms with Crippen LogP contribution in [0.5, 0.6) is 0 Å². The molecule has 1 heterocycles. The Morgan fingerprint density at radius 1 is 0.739 bits per heavy atom. The minimum absolute atomic E-state index is 0.533. The largest absolute Gasteiger partial charge is 0.330 e. The molecule has 2 rings (SSSR count). The summed E-state index contributed by atoms with van der Waals surface area (Å²) in [5.74, 6) is 0. The Morgan fingerprint density at radius 2 is 1.35 bits per heavy atom. The van der Waals surface area contributed by atoms with Crippen LogP contribution in [0.25, 0.3) is 0 Å². The second kappa shape index (κ2) is 12.2. The van der Waals surface area contributed by atoms with Crippen LogP contribution in [-0.2, 0) is 0 Å². The van der Waals surface area contributed by atoms with Crippen molar-refractivity contribution in [3.05, 3.63) is 0 Å². The van der Waals surface area contributed by atoms with Crippen LogP contribution >= 0.6 is 0 Å². The number of fused-ring (bicyclic) bond motifs is 1. The van der Waals surface area contributed by atoms with E-state index >= 15 is 0 Å². The first-order chi connectivity index (χ1) is 11.4. The summed E-state index contributed by atoms with van der Waals surface area (Å²) in [6.45, 7) is 8.12. The zero-order valence-electron chi connectivity index (χ0n) is 14.7. The van der Waals surface area contributed by atoms with Crippen molar-refractivity contribution in [1.82, 2.24) is 26.6 Å². The molecule has 0 unspecified atom stereocenters. The molecular weight excluding hydrogens is 288 g/mol. The van der Waals surface area contributed by atoms with E-state index in [1.54, 1.807) is 0 Å². The van der Waals surface area contributed by atoms with E-state index in [1.807, 2.05) is 0 Å². The molecule has 0 bridgehead atoms. The smallest absolute Gasteiger partial charge is 0.0221 e. The average molecular weight is 327 g/mol. The lowest BCUT2D eigenvalue weighted by atomic mass is 9.90. The average Bonchev–Trinajstić information content (AvgIpc) is 2.59. The molecule has 23 heavy (non-hydrogen) atoms. The van der Waals surface area contributed by atoms with Crippen molar-refractivity contribution < 1.29 is 0 Å². The van der Waals surface area contributed by atoms with E-state index in [-0.39, 0.29) is 0 Å². The van der Waals surface area contributed by atoms with Crippen molar-refractivity contribution in [2.24, 2.45) is 5.73 Å². The summed E-state index contributed by atoms with van der Waals surface area (Å²) in [6.07, 6.45) is 7.59. The van der Waals surface area contributed by atoms with Crippen LogP contribution < -0.4 is 32.3 Å². The van der Waals surface area contributed by atoms with Gasteiger partial charge in [0.05, 0.1) is 0 Å². The molecule has 0 radical (unpaired) electrons. The van der Waals surface area contributed by atoms with Crippen LogP contribution in [0.4, 0.5) is 0 Å². The van der Waals surface area contributed by atoms with E-state index in [2.05, 4.69) is 26.6 Å². The fourth-order valence-electron chi connectivity index (χ4n) is 3.69. The Morgan fingerprint density at radius 3 is 2.04 bits per heavy atom. The van der Waals surface area contributed by atoms with Gasteiger partial charge in [0.15, 0.2) is 0 Å². The third-order valence-corrected chi connectivity index (χ3v) is 5.07. The van der Waals surface area contributed by atoms with Crippen molar-refractivity contribution >= 4 is 0 Å². The number of nitrogens with two attached hydrogens (primary N) is 1. The monoisotopic (exact) mass is 326 g/mol. The van der Waals surface area contributed by atoms with E-state index in [1.165, 1.54) is 25.7 Å². The van der Waals surface area contributed by atoms with Gasteiger partial charge < -0.3 is 32.3 Å². The first-order valence-corrected chi connectivity index (χ1v) is 9.72. The molecule has 6 nitrogen and oxygen atoms in total. The minimum Gasteiger partial charge on any atom is -0.330 e. The highest BCUT2D eigenvalue weighted by Gasteiger charge is 2.24. The third-order valence-electron chi connectivity index (χ3n) is 5.07. The Labute approximate surface area is 142 Å². The highest BCUT2D eigenvalue weighted by Crippen LogP contribution is 2.18. The molecule has 0 aromatic rings. The Kier molecular flexibility index (Phi) is 10.1. The van der Waals surface area contributed by atoms with Gasteiger partial charge in [0, 0.05) is 63.9 Å². The van der Waals surface area contributed by atoms with Crippen LogP contribution in [0, 0.1) is 0 Å². The first kappa shape index (κ1) is 19.1. The molecule has 1 saturated heterocycles. The highest BCUT2D eigenvalue weighted by molar-refractivity contribution is 4.88. The predicted molar refractivity (Wildman–Crippen MR) is 97.9 cm³/mol. The van der Waals surface area contributed by atoms with Gasteiger partial charge in [-0.1, -0.05) is 12.8 Å². The minimum atomic E-state index is 0.533. The van der Waals surface area contributed by atoms with E-state index in [0.717, 1.165) is 65.2 Å². The van der Waals surface area contributed by atoms with Crippen molar-refractivity contribution in [2.45, 2.75) is 56.7 Å². The first-order valence-electron chi connectivity index (χ1n) is 9.72. The summed E-state index contributed by atoms with van der Waals surface area (Å²) < 4.78 is 0. The number of rotatable bonds is 3. The van der Waals surface area contributed by atoms with Gasteiger partial charge >= 0.3 is 0 Å². The molecule has 1 aliphatic carbocycles. The SMILES string of the molecule is NCCC[C@H]1CN[C@@H]2CCCC[C@H]2NCCNCCNCCN1. The molecule has 6 heteroatoms. The van der Waals surface area contributed by atoms with Crippen LogP contribution in [0.3, 0.4) is 0 Å². The predicted octanol–water partition coefficient (Wildman–Crippen LogP) is -0.633. The lowest BCUT2D eigenvalue weighted by Gasteiger charge is -2.34. The zero-order chi connectivity index (χ0) is 16.2. The number of hydrogen-bond donors (Lipinski definition) is 6. The zero-order valence-corrected chi connectivity index (χ0v) is 14.7. The molecule has 0 aromatic carbocycles. The van der Waals surface area contributed by atoms with Gasteiger partial charge in [0.1, 0.15) is 0 Å². The topological polar surface area (TPSA) is 86.2 Å². The van der Waals surface area contributed by atoms with Crippen LogP contribution in [0.15, 0.2) is 0 Å². The van der Waals surface area contributed by atoms with Crippen molar-refractivity contribution in [3.8, 4) is 0 Å². The Balaban J connectivity index is 1.85. The molecule has 0 spiro atoms. The van der Waals surface area contributed by atoms with E-state index in [0.29, 0.717) is 18.1 Å². The van der Waals surface area contributed by atoms with Gasteiger partial charge in [0.25, 0.3) is 0 Å². The van der Waals surface area contributed by atoms with E-state index in [9.17, 15) is 0 Å². The molecule has 0 amide bonds. The molecule has 2 aliphatic rings. The Bertz CT molecular complexity index is 288. The third kappa shape index (κ3) is 7.92. The maximum atomic E-state index is 5.70. The second-order valence-corrected chi connectivity index (χ2v) is 6.94. The quantitative estimate of drug-likeness (QED) is 0.414. The van der Waals surface area contributed by atoms with E-state index in [4.69, 9.17) is 5.73 Å². The maximum Gasteiger partial charge on any atom is 0.0221 e. The molecule has 136 valence electrons. The maximum absolute atomic E-state index is 5.70. The lowest BCUT2D eigenvalue weighted by molar-refractivity contribution is 0.273. The summed E-state index contributed by atoms with van der Waals surface area (Å²) in [7, 11) is 0. The summed E-state index contributed by atoms with van der Waals surface area (Å²) in [5.41, 5.74) is 5.70. The fraction of sp³-hybridized carbons (Fsp3) is 1.00. The van der Waals surface area contributed by atoms with Gasteiger partial charge in [0.2, 0.25) is 0 Å². The normalized spacial score (nSPS) is 32.5. The van der Waals surface area contributed by atoms with Gasteiger partial charge in [-0.2, -0.15) is 0 Å². The van der Waals surface area contributed by atoms with Crippen molar-refractivity contribution in [2.75, 3.05) is 52.4 Å². The highest BCUT2D eigenvalue weighted by atomic mass is 15.1. The van der Waals surface area contributed by atoms with Gasteiger partial charge in [-0.3, -0.25) is 0 Å². The molecule has 2 fully saturated rings. The van der Waals surface area contributed by atoms with Crippen LogP contribution in [-0.4, -0.2) is 70.5 Å². The Hall–Kier alpha value is -0.240. The summed E-state index contributed by atoms with van der Waals surface area (Å²) in [4.78, 5) is 0. The lowest BCUT2D eigenvalue weighted by Crippen LogP contribution is -2.53. The van der Waals surface area contributed by atoms with Gasteiger partial charge in [-0.25, -0.2) is 0 Å².